The summed E-state index contributed by atoms with van der Waals surface area (Å²) in [6.45, 7) is 5.87. The lowest BCUT2D eigenvalue weighted by atomic mass is 9.75. The third-order valence-electron chi connectivity index (χ3n) is 4.05. The van der Waals surface area contributed by atoms with E-state index in [0.717, 1.165) is 43.5 Å². The molecule has 19 heavy (non-hydrogen) atoms. The van der Waals surface area contributed by atoms with Crippen molar-refractivity contribution >= 4 is 5.78 Å². The molecule has 1 N–H and O–H groups in total. The molecule has 1 aromatic carbocycles. The molecule has 1 fully saturated rings. The van der Waals surface area contributed by atoms with Crippen LogP contribution in [0.15, 0.2) is 18.2 Å². The summed E-state index contributed by atoms with van der Waals surface area (Å²) in [4.78, 5) is 13.0. The first-order valence-corrected chi connectivity index (χ1v) is 7.03. The molecule has 1 unspecified atom stereocenters. The van der Waals surface area contributed by atoms with Crippen LogP contribution in [0.1, 0.15) is 42.1 Å². The fourth-order valence-corrected chi connectivity index (χ4v) is 3.03. The molecule has 1 aromatic rings. The molecule has 1 aliphatic heterocycles. The summed E-state index contributed by atoms with van der Waals surface area (Å²) in [7, 11) is 1.63. The summed E-state index contributed by atoms with van der Waals surface area (Å²) in [5.74, 6) is 0.929. The predicted molar refractivity (Wildman–Crippen MR) is 76.9 cm³/mol. The van der Waals surface area contributed by atoms with Crippen molar-refractivity contribution < 1.29 is 9.53 Å². The average Bonchev–Trinajstić information content (AvgIpc) is 2.88. The zero-order valence-electron chi connectivity index (χ0n) is 12.1. The van der Waals surface area contributed by atoms with Crippen LogP contribution in [0, 0.1) is 12.3 Å². The number of carbonyl (C=O) groups is 1. The van der Waals surface area contributed by atoms with Gasteiger partial charge in [-0.1, -0.05) is 25.0 Å². The number of carbonyl (C=O) groups excluding carboxylic acids is 1. The van der Waals surface area contributed by atoms with Gasteiger partial charge in [0.2, 0.25) is 0 Å². The van der Waals surface area contributed by atoms with Crippen molar-refractivity contribution in [1.29, 1.82) is 0 Å². The van der Waals surface area contributed by atoms with Crippen LogP contribution in [0.3, 0.4) is 0 Å². The highest BCUT2D eigenvalue weighted by Crippen LogP contribution is 2.37. The van der Waals surface area contributed by atoms with Crippen molar-refractivity contribution in [2.45, 2.75) is 33.1 Å². The van der Waals surface area contributed by atoms with E-state index in [4.69, 9.17) is 4.74 Å². The van der Waals surface area contributed by atoms with Crippen molar-refractivity contribution in [3.8, 4) is 5.75 Å². The van der Waals surface area contributed by atoms with E-state index in [1.165, 1.54) is 0 Å². The van der Waals surface area contributed by atoms with Crippen molar-refractivity contribution in [2.24, 2.45) is 5.41 Å². The van der Waals surface area contributed by atoms with Gasteiger partial charge in [0.15, 0.2) is 5.78 Å². The zero-order chi connectivity index (χ0) is 13.9. The molecule has 0 aromatic heterocycles. The van der Waals surface area contributed by atoms with Crippen LogP contribution in [-0.4, -0.2) is 26.0 Å². The number of rotatable bonds is 5. The molecule has 1 aliphatic rings. The Kier molecular flexibility index (Phi) is 4.25. The highest BCUT2D eigenvalue weighted by atomic mass is 16.5. The fraction of sp³-hybridized carbons (Fsp3) is 0.562. The molecule has 0 saturated carbocycles. The van der Waals surface area contributed by atoms with Gasteiger partial charge in [0.1, 0.15) is 5.75 Å². The van der Waals surface area contributed by atoms with E-state index in [-0.39, 0.29) is 11.2 Å². The van der Waals surface area contributed by atoms with Gasteiger partial charge in [0.05, 0.1) is 12.7 Å². The quantitative estimate of drug-likeness (QED) is 0.828. The number of ketones is 1. The van der Waals surface area contributed by atoms with Gasteiger partial charge >= 0.3 is 0 Å². The third kappa shape index (κ3) is 2.66. The molecular weight excluding hydrogens is 238 g/mol. The second kappa shape index (κ2) is 5.74. The maximum atomic E-state index is 13.0. The first-order valence-electron chi connectivity index (χ1n) is 7.03. The topological polar surface area (TPSA) is 38.3 Å². The van der Waals surface area contributed by atoms with Gasteiger partial charge in [-0.2, -0.15) is 0 Å². The van der Waals surface area contributed by atoms with E-state index in [1.807, 2.05) is 25.1 Å². The highest BCUT2D eigenvalue weighted by molar-refractivity contribution is 6.03. The Morgan fingerprint density at radius 1 is 1.47 bits per heavy atom. The van der Waals surface area contributed by atoms with Gasteiger partial charge in [-0.05, 0) is 38.4 Å². The van der Waals surface area contributed by atoms with Crippen LogP contribution >= 0.6 is 0 Å². The van der Waals surface area contributed by atoms with E-state index < -0.39 is 0 Å². The van der Waals surface area contributed by atoms with Crippen LogP contribution < -0.4 is 10.1 Å². The number of hydrogen-bond acceptors (Lipinski definition) is 3. The molecule has 0 aliphatic carbocycles. The van der Waals surface area contributed by atoms with Gasteiger partial charge in [-0.15, -0.1) is 0 Å². The van der Waals surface area contributed by atoms with Gasteiger partial charge in [0, 0.05) is 12.0 Å². The summed E-state index contributed by atoms with van der Waals surface area (Å²) in [6.07, 6.45) is 2.90. The van der Waals surface area contributed by atoms with Gasteiger partial charge in [-0.3, -0.25) is 4.79 Å². The number of Topliss-reactive ketones (excluding diaryl/α,β-unsaturated/α-hetero) is 1. The molecule has 3 heteroatoms. The van der Waals surface area contributed by atoms with E-state index in [9.17, 15) is 4.79 Å². The van der Waals surface area contributed by atoms with Crippen LogP contribution in [0.4, 0.5) is 0 Å². The van der Waals surface area contributed by atoms with Crippen LogP contribution in [0.2, 0.25) is 0 Å². The lowest BCUT2D eigenvalue weighted by Gasteiger charge is -2.27. The second-order valence-electron chi connectivity index (χ2n) is 5.49. The second-order valence-corrected chi connectivity index (χ2v) is 5.49. The lowest BCUT2D eigenvalue weighted by Crippen LogP contribution is -2.33. The van der Waals surface area contributed by atoms with Crippen molar-refractivity contribution in [1.82, 2.24) is 5.32 Å². The van der Waals surface area contributed by atoms with Gasteiger partial charge < -0.3 is 10.1 Å². The Bertz CT molecular complexity index is 462. The molecular formula is C16H23NO2. The Hall–Kier alpha value is -1.35. The number of aryl methyl sites for hydroxylation is 1. The first-order chi connectivity index (χ1) is 9.13. The standard InChI is InChI=1S/C16H23NO2/c1-4-7-16(8-9-17-11-16)15(18)13-10-12(2)5-6-14(13)19-3/h5-6,10,17H,4,7-9,11H2,1-3H3. The summed E-state index contributed by atoms with van der Waals surface area (Å²) in [6, 6.07) is 5.83. The molecule has 3 nitrogen and oxygen atoms in total. The number of methoxy groups -OCH3 is 1. The molecule has 0 radical (unpaired) electrons. The van der Waals surface area contributed by atoms with Gasteiger partial charge in [0.25, 0.3) is 0 Å². The van der Waals surface area contributed by atoms with Crippen LogP contribution in [0.25, 0.3) is 0 Å². The zero-order valence-corrected chi connectivity index (χ0v) is 12.1. The molecule has 1 heterocycles. The van der Waals surface area contributed by atoms with Crippen molar-refractivity contribution in [3.63, 3.8) is 0 Å². The molecule has 0 amide bonds. The number of nitrogens with one attached hydrogen (secondary N) is 1. The predicted octanol–water partition coefficient (Wildman–Crippen LogP) is 2.97. The Labute approximate surface area is 115 Å². The Morgan fingerprint density at radius 2 is 2.26 bits per heavy atom. The molecule has 0 spiro atoms. The maximum Gasteiger partial charge on any atom is 0.174 e. The summed E-state index contributed by atoms with van der Waals surface area (Å²) in [5.41, 5.74) is 1.59. The summed E-state index contributed by atoms with van der Waals surface area (Å²) < 4.78 is 5.36. The van der Waals surface area contributed by atoms with E-state index >= 15 is 0 Å². The third-order valence-corrected chi connectivity index (χ3v) is 4.05. The molecule has 104 valence electrons. The summed E-state index contributed by atoms with van der Waals surface area (Å²) >= 11 is 0. The van der Waals surface area contributed by atoms with E-state index in [1.54, 1.807) is 7.11 Å². The normalized spacial score (nSPS) is 22.5. The van der Waals surface area contributed by atoms with Crippen LogP contribution in [0.5, 0.6) is 5.75 Å². The van der Waals surface area contributed by atoms with E-state index in [2.05, 4.69) is 12.2 Å². The smallest absolute Gasteiger partial charge is 0.174 e. The number of benzene rings is 1. The monoisotopic (exact) mass is 261 g/mol. The maximum absolute atomic E-state index is 13.0. The van der Waals surface area contributed by atoms with Crippen molar-refractivity contribution in [3.05, 3.63) is 29.3 Å². The largest absolute Gasteiger partial charge is 0.496 e. The minimum absolute atomic E-state index is 0.236. The highest BCUT2D eigenvalue weighted by Gasteiger charge is 2.41. The van der Waals surface area contributed by atoms with Gasteiger partial charge in [-0.25, -0.2) is 0 Å². The molecule has 1 saturated heterocycles. The number of ether oxygens (including phenoxy) is 1. The fourth-order valence-electron chi connectivity index (χ4n) is 3.03. The summed E-state index contributed by atoms with van der Waals surface area (Å²) in [5, 5.41) is 3.34. The number of hydrogen-bond donors (Lipinski definition) is 1. The van der Waals surface area contributed by atoms with Crippen molar-refractivity contribution in [2.75, 3.05) is 20.2 Å². The minimum atomic E-state index is -0.240. The minimum Gasteiger partial charge on any atom is -0.496 e. The first kappa shape index (κ1) is 14.1. The molecule has 0 bridgehead atoms. The molecule has 1 atom stereocenters. The Balaban J connectivity index is 2.39. The van der Waals surface area contributed by atoms with Crippen LogP contribution in [-0.2, 0) is 0 Å². The SMILES string of the molecule is CCCC1(C(=O)c2cc(C)ccc2OC)CCNC1. The molecule has 2 rings (SSSR count). The Morgan fingerprint density at radius 3 is 2.84 bits per heavy atom. The lowest BCUT2D eigenvalue weighted by molar-refractivity contribution is 0.0798. The average molecular weight is 261 g/mol. The van der Waals surface area contributed by atoms with E-state index in [0.29, 0.717) is 5.75 Å².